The van der Waals surface area contributed by atoms with Crippen molar-refractivity contribution in [2.24, 2.45) is 0 Å². The maximum absolute atomic E-state index is 11.2. The number of imide groups is 1. The summed E-state index contributed by atoms with van der Waals surface area (Å²) in [6.07, 6.45) is 3.35. The van der Waals surface area contributed by atoms with Crippen LogP contribution in [0.5, 0.6) is 0 Å². The molecule has 1 aromatic rings. The molecule has 13 heavy (non-hydrogen) atoms. The quantitative estimate of drug-likeness (QED) is 0.631. The van der Waals surface area contributed by atoms with E-state index in [-0.39, 0.29) is 5.91 Å². The third-order valence-corrected chi connectivity index (χ3v) is 1.83. The number of aromatic amines is 1. The van der Waals surface area contributed by atoms with Gasteiger partial charge >= 0.3 is 6.03 Å². The Labute approximate surface area is 73.9 Å². The van der Waals surface area contributed by atoms with Crippen LogP contribution in [-0.2, 0) is 4.79 Å². The molecule has 6 nitrogen and oxygen atoms in total. The van der Waals surface area contributed by atoms with E-state index in [9.17, 15) is 9.59 Å². The first kappa shape index (κ1) is 7.78. The van der Waals surface area contributed by atoms with Crippen molar-refractivity contribution >= 4 is 17.8 Å². The molecular weight excluding hydrogens is 172 g/mol. The molecule has 1 fully saturated rings. The highest BCUT2D eigenvalue weighted by Crippen LogP contribution is 2.11. The summed E-state index contributed by atoms with van der Waals surface area (Å²) in [6.45, 7) is 0.396. The van der Waals surface area contributed by atoms with E-state index in [1.54, 1.807) is 0 Å². The standard InChI is InChI=1S/C7H8N4O2/c12-6-1-2-11(7(13)10-6)5-3-8-4-9-5/h3-4H,1-2H2,(H,8,9)(H,10,12,13). The summed E-state index contributed by atoms with van der Waals surface area (Å²) in [7, 11) is 0. The SMILES string of the molecule is O=C1CCN(c2cnc[nH]2)C(=O)N1. The second kappa shape index (κ2) is 2.89. The molecule has 0 unspecified atom stereocenters. The van der Waals surface area contributed by atoms with Crippen molar-refractivity contribution in [3.05, 3.63) is 12.5 Å². The van der Waals surface area contributed by atoms with Crippen LogP contribution in [0, 0.1) is 0 Å². The number of H-pyrrole nitrogens is 1. The lowest BCUT2D eigenvalue weighted by atomic mass is 10.3. The highest BCUT2D eigenvalue weighted by atomic mass is 16.2. The molecule has 1 aliphatic rings. The van der Waals surface area contributed by atoms with Crippen molar-refractivity contribution in [2.75, 3.05) is 11.4 Å². The van der Waals surface area contributed by atoms with Gasteiger partial charge in [0.2, 0.25) is 5.91 Å². The number of anilines is 1. The first-order valence-corrected chi connectivity index (χ1v) is 3.87. The van der Waals surface area contributed by atoms with Gasteiger partial charge < -0.3 is 4.98 Å². The smallest absolute Gasteiger partial charge is 0.329 e. The summed E-state index contributed by atoms with van der Waals surface area (Å²) < 4.78 is 0. The summed E-state index contributed by atoms with van der Waals surface area (Å²) in [5.41, 5.74) is 0. The molecule has 3 amide bonds. The highest BCUT2D eigenvalue weighted by molar-refractivity contribution is 6.05. The molecule has 1 aliphatic heterocycles. The van der Waals surface area contributed by atoms with Crippen LogP contribution in [0.25, 0.3) is 0 Å². The van der Waals surface area contributed by atoms with Crippen molar-refractivity contribution < 1.29 is 9.59 Å². The Balaban J connectivity index is 2.17. The van der Waals surface area contributed by atoms with Gasteiger partial charge in [0.25, 0.3) is 0 Å². The Morgan fingerprint density at radius 2 is 2.31 bits per heavy atom. The second-order valence-corrected chi connectivity index (χ2v) is 2.69. The average Bonchev–Trinajstić information content (AvgIpc) is 2.56. The Morgan fingerprint density at radius 3 is 2.92 bits per heavy atom. The van der Waals surface area contributed by atoms with Crippen LogP contribution in [0.4, 0.5) is 10.6 Å². The zero-order valence-corrected chi connectivity index (χ0v) is 6.78. The minimum absolute atomic E-state index is 0.235. The number of carbonyl (C=O) groups excluding carboxylic acids is 2. The van der Waals surface area contributed by atoms with Gasteiger partial charge in [-0.15, -0.1) is 0 Å². The molecule has 0 aliphatic carbocycles. The molecule has 2 heterocycles. The highest BCUT2D eigenvalue weighted by Gasteiger charge is 2.24. The van der Waals surface area contributed by atoms with Gasteiger partial charge in [-0.1, -0.05) is 0 Å². The van der Waals surface area contributed by atoms with Crippen molar-refractivity contribution in [2.45, 2.75) is 6.42 Å². The molecule has 0 atom stereocenters. The van der Waals surface area contributed by atoms with Crippen LogP contribution < -0.4 is 10.2 Å². The molecule has 0 bridgehead atoms. The number of nitrogens with zero attached hydrogens (tertiary/aromatic N) is 2. The summed E-state index contributed by atoms with van der Waals surface area (Å²) in [5, 5.41) is 2.22. The van der Waals surface area contributed by atoms with Crippen molar-refractivity contribution in [1.82, 2.24) is 15.3 Å². The first-order valence-electron chi connectivity index (χ1n) is 3.87. The Morgan fingerprint density at radius 1 is 1.46 bits per heavy atom. The second-order valence-electron chi connectivity index (χ2n) is 2.69. The molecular formula is C7H8N4O2. The predicted molar refractivity (Wildman–Crippen MR) is 44.1 cm³/mol. The van der Waals surface area contributed by atoms with Crippen molar-refractivity contribution in [1.29, 1.82) is 0 Å². The predicted octanol–water partition coefficient (Wildman–Crippen LogP) is -0.144. The third-order valence-electron chi connectivity index (χ3n) is 1.83. The molecule has 2 rings (SSSR count). The van der Waals surface area contributed by atoms with E-state index in [1.165, 1.54) is 17.4 Å². The topological polar surface area (TPSA) is 78.1 Å². The summed E-state index contributed by atoms with van der Waals surface area (Å²) in [6, 6.07) is -0.402. The van der Waals surface area contributed by atoms with Gasteiger partial charge in [-0.3, -0.25) is 15.0 Å². The molecule has 0 saturated carbocycles. The van der Waals surface area contributed by atoms with Crippen LogP contribution >= 0.6 is 0 Å². The lowest BCUT2D eigenvalue weighted by molar-refractivity contribution is -0.120. The van der Waals surface area contributed by atoms with Crippen LogP contribution in [-0.4, -0.2) is 28.5 Å². The Kier molecular flexibility index (Phi) is 1.73. The van der Waals surface area contributed by atoms with E-state index in [0.717, 1.165) is 0 Å². The van der Waals surface area contributed by atoms with Gasteiger partial charge in [0.05, 0.1) is 12.5 Å². The fraction of sp³-hybridized carbons (Fsp3) is 0.286. The van der Waals surface area contributed by atoms with Gasteiger partial charge in [-0.2, -0.15) is 0 Å². The zero-order chi connectivity index (χ0) is 9.26. The lowest BCUT2D eigenvalue weighted by Crippen LogP contribution is -2.49. The Bertz CT molecular complexity index is 332. The number of rotatable bonds is 1. The normalized spacial score (nSPS) is 17.4. The number of nitrogens with one attached hydrogen (secondary N) is 2. The molecule has 1 aromatic heterocycles. The largest absolute Gasteiger partial charge is 0.331 e. The number of hydrogen-bond donors (Lipinski definition) is 2. The van der Waals surface area contributed by atoms with Gasteiger partial charge in [0.15, 0.2) is 0 Å². The lowest BCUT2D eigenvalue weighted by Gasteiger charge is -2.24. The molecule has 1 saturated heterocycles. The molecule has 6 heteroatoms. The maximum atomic E-state index is 11.2. The number of imidazole rings is 1. The minimum atomic E-state index is -0.402. The van der Waals surface area contributed by atoms with Gasteiger partial charge in [-0.05, 0) is 0 Å². The monoisotopic (exact) mass is 180 g/mol. The van der Waals surface area contributed by atoms with Crippen molar-refractivity contribution in [3.63, 3.8) is 0 Å². The summed E-state index contributed by atoms with van der Waals surface area (Å²) >= 11 is 0. The van der Waals surface area contributed by atoms with Crippen LogP contribution in [0.2, 0.25) is 0 Å². The van der Waals surface area contributed by atoms with Gasteiger partial charge in [0.1, 0.15) is 5.82 Å². The average molecular weight is 180 g/mol. The fourth-order valence-electron chi connectivity index (χ4n) is 1.19. The third kappa shape index (κ3) is 1.37. The number of urea groups is 1. The number of carbonyl (C=O) groups is 2. The summed E-state index contributed by atoms with van der Waals surface area (Å²) in [5.74, 6) is 0.366. The Hall–Kier alpha value is -1.85. The zero-order valence-electron chi connectivity index (χ0n) is 6.78. The molecule has 0 aromatic carbocycles. The van der Waals surface area contributed by atoms with Gasteiger partial charge in [-0.25, -0.2) is 9.78 Å². The van der Waals surface area contributed by atoms with E-state index in [4.69, 9.17) is 0 Å². The van der Waals surface area contributed by atoms with E-state index in [2.05, 4.69) is 15.3 Å². The summed E-state index contributed by atoms with van der Waals surface area (Å²) in [4.78, 5) is 30.1. The molecule has 0 radical (unpaired) electrons. The van der Waals surface area contributed by atoms with Crippen LogP contribution in [0.3, 0.4) is 0 Å². The van der Waals surface area contributed by atoms with Crippen molar-refractivity contribution in [3.8, 4) is 0 Å². The minimum Gasteiger partial charge on any atom is -0.331 e. The molecule has 0 spiro atoms. The van der Waals surface area contributed by atoms with Crippen LogP contribution in [0.1, 0.15) is 6.42 Å². The number of aromatic nitrogens is 2. The van der Waals surface area contributed by atoms with E-state index in [0.29, 0.717) is 18.8 Å². The van der Waals surface area contributed by atoms with E-state index < -0.39 is 6.03 Å². The van der Waals surface area contributed by atoms with E-state index >= 15 is 0 Å². The number of amides is 3. The maximum Gasteiger partial charge on any atom is 0.329 e. The van der Waals surface area contributed by atoms with E-state index in [1.807, 2.05) is 0 Å². The van der Waals surface area contributed by atoms with Crippen LogP contribution in [0.15, 0.2) is 12.5 Å². The number of hydrogen-bond acceptors (Lipinski definition) is 3. The molecule has 68 valence electrons. The first-order chi connectivity index (χ1) is 6.27. The fourth-order valence-corrected chi connectivity index (χ4v) is 1.19. The van der Waals surface area contributed by atoms with Gasteiger partial charge in [0, 0.05) is 13.0 Å². The molecule has 2 N–H and O–H groups in total.